The van der Waals surface area contributed by atoms with Gasteiger partial charge >= 0.3 is 0 Å². The molecule has 2 N–H and O–H groups in total. The molecule has 0 radical (unpaired) electrons. The molecule has 156 valence electrons. The van der Waals surface area contributed by atoms with Crippen LogP contribution in [-0.4, -0.2) is 40.2 Å². The van der Waals surface area contributed by atoms with Gasteiger partial charge in [0.1, 0.15) is 11.0 Å². The van der Waals surface area contributed by atoms with Crippen molar-refractivity contribution in [1.82, 2.24) is 20.3 Å². The topological polar surface area (TPSA) is 90.3 Å². The lowest BCUT2D eigenvalue weighted by Gasteiger charge is -2.11. The number of benzene rings is 3. The predicted molar refractivity (Wildman–Crippen MR) is 122 cm³/mol. The highest BCUT2D eigenvalue weighted by Gasteiger charge is 2.13. The highest BCUT2D eigenvalue weighted by Crippen LogP contribution is 2.27. The van der Waals surface area contributed by atoms with Gasteiger partial charge in [0.2, 0.25) is 0 Å². The number of carbonyl (C=O) groups is 1. The van der Waals surface area contributed by atoms with Gasteiger partial charge in [0, 0.05) is 11.3 Å². The Hall–Kier alpha value is -3.98. The second-order valence-electron chi connectivity index (χ2n) is 6.51. The molecule has 0 atom stereocenters. The molecule has 0 unspecified atom stereocenters. The number of amides is 1. The van der Waals surface area contributed by atoms with E-state index in [2.05, 4.69) is 20.8 Å². The molecular weight excluding hydrogens is 414 g/mol. The number of hydrogen-bond donors (Lipinski definition) is 2. The molecule has 1 heterocycles. The maximum Gasteiger partial charge on any atom is 0.257 e. The fraction of sp³-hybridized carbons (Fsp3) is 0.0909. The monoisotopic (exact) mass is 433 g/mol. The Labute approximate surface area is 183 Å². The van der Waals surface area contributed by atoms with E-state index in [1.807, 2.05) is 48.5 Å². The van der Waals surface area contributed by atoms with E-state index < -0.39 is 0 Å². The van der Waals surface area contributed by atoms with Crippen molar-refractivity contribution in [3.63, 3.8) is 0 Å². The third-order valence-electron chi connectivity index (χ3n) is 4.50. The number of aromatic nitrogens is 3. The highest BCUT2D eigenvalue weighted by molar-refractivity contribution is 7.80. The van der Waals surface area contributed by atoms with Crippen molar-refractivity contribution in [2.24, 2.45) is 0 Å². The van der Waals surface area contributed by atoms with Crippen molar-refractivity contribution >= 4 is 40.0 Å². The minimum Gasteiger partial charge on any atom is -0.493 e. The number of hydrogen-bond acceptors (Lipinski definition) is 6. The Morgan fingerprint density at radius 3 is 2.39 bits per heavy atom. The van der Waals surface area contributed by atoms with Gasteiger partial charge in [0.25, 0.3) is 5.91 Å². The quantitative estimate of drug-likeness (QED) is 0.465. The summed E-state index contributed by atoms with van der Waals surface area (Å²) in [6.07, 6.45) is 0. The van der Waals surface area contributed by atoms with Gasteiger partial charge < -0.3 is 14.8 Å². The molecule has 0 saturated carbocycles. The zero-order valence-corrected chi connectivity index (χ0v) is 17.6. The second-order valence-corrected chi connectivity index (χ2v) is 6.91. The normalized spacial score (nSPS) is 10.5. The molecule has 0 saturated heterocycles. The smallest absolute Gasteiger partial charge is 0.257 e. The first kappa shape index (κ1) is 20.3. The van der Waals surface area contributed by atoms with Crippen LogP contribution in [0.25, 0.3) is 16.7 Å². The molecule has 0 aliphatic carbocycles. The third kappa shape index (κ3) is 4.46. The van der Waals surface area contributed by atoms with Crippen LogP contribution in [-0.2, 0) is 0 Å². The molecule has 0 aliphatic rings. The number of nitrogens with one attached hydrogen (secondary N) is 2. The average molecular weight is 433 g/mol. The van der Waals surface area contributed by atoms with Crippen molar-refractivity contribution in [2.75, 3.05) is 19.5 Å². The fourth-order valence-electron chi connectivity index (χ4n) is 2.98. The molecule has 4 rings (SSSR count). The van der Waals surface area contributed by atoms with Crippen molar-refractivity contribution in [3.05, 3.63) is 72.3 Å². The summed E-state index contributed by atoms with van der Waals surface area (Å²) < 4.78 is 10.4. The van der Waals surface area contributed by atoms with Crippen LogP contribution in [0.5, 0.6) is 11.5 Å². The average Bonchev–Trinajstić information content (AvgIpc) is 3.22. The Balaban J connectivity index is 1.46. The molecule has 1 aromatic heterocycles. The summed E-state index contributed by atoms with van der Waals surface area (Å²) in [5.74, 6) is 0.632. The summed E-state index contributed by atoms with van der Waals surface area (Å²) in [5.41, 5.74) is 3.39. The molecule has 0 bridgehead atoms. The van der Waals surface area contributed by atoms with Crippen molar-refractivity contribution in [2.45, 2.75) is 0 Å². The first-order valence-electron chi connectivity index (χ1n) is 9.34. The minimum atomic E-state index is -0.366. The zero-order chi connectivity index (χ0) is 21.8. The van der Waals surface area contributed by atoms with Gasteiger partial charge in [-0.1, -0.05) is 18.2 Å². The van der Waals surface area contributed by atoms with Crippen molar-refractivity contribution < 1.29 is 14.3 Å². The summed E-state index contributed by atoms with van der Waals surface area (Å²) in [7, 11) is 3.04. The lowest BCUT2D eigenvalue weighted by molar-refractivity contribution is 0.0977. The predicted octanol–water partition coefficient (Wildman–Crippen LogP) is 3.56. The van der Waals surface area contributed by atoms with Crippen LogP contribution in [0, 0.1) is 0 Å². The molecular formula is C22H19N5O3S. The SMILES string of the molecule is COc1ccc(C(=O)NC(=S)Nc2ccc3nn(-c4ccccc4)nc3c2)cc1OC. The second kappa shape index (κ2) is 8.80. The van der Waals surface area contributed by atoms with Crippen LogP contribution in [0.2, 0.25) is 0 Å². The molecule has 0 aliphatic heterocycles. The number of para-hydroxylation sites is 1. The van der Waals surface area contributed by atoms with E-state index in [0.717, 1.165) is 11.2 Å². The van der Waals surface area contributed by atoms with Crippen LogP contribution < -0.4 is 20.1 Å². The van der Waals surface area contributed by atoms with Gasteiger partial charge in [-0.25, -0.2) is 0 Å². The van der Waals surface area contributed by atoms with Crippen LogP contribution in [0.1, 0.15) is 10.4 Å². The van der Waals surface area contributed by atoms with Gasteiger partial charge in [-0.2, -0.15) is 4.80 Å². The van der Waals surface area contributed by atoms with Gasteiger partial charge in [-0.05, 0) is 60.7 Å². The van der Waals surface area contributed by atoms with Crippen LogP contribution in [0.3, 0.4) is 0 Å². The number of fused-ring (bicyclic) bond motifs is 1. The molecule has 31 heavy (non-hydrogen) atoms. The summed E-state index contributed by atoms with van der Waals surface area (Å²) >= 11 is 5.29. The highest BCUT2D eigenvalue weighted by atomic mass is 32.1. The summed E-state index contributed by atoms with van der Waals surface area (Å²) in [4.78, 5) is 14.1. The number of methoxy groups -OCH3 is 2. The minimum absolute atomic E-state index is 0.162. The van der Waals surface area contributed by atoms with Gasteiger partial charge in [0.05, 0.1) is 19.9 Å². The van der Waals surface area contributed by atoms with E-state index in [-0.39, 0.29) is 11.0 Å². The van der Waals surface area contributed by atoms with E-state index in [4.69, 9.17) is 21.7 Å². The fourth-order valence-corrected chi connectivity index (χ4v) is 3.19. The van der Waals surface area contributed by atoms with Gasteiger partial charge in [0.15, 0.2) is 16.6 Å². The number of rotatable bonds is 5. The van der Waals surface area contributed by atoms with Crippen LogP contribution in [0.4, 0.5) is 5.69 Å². The largest absolute Gasteiger partial charge is 0.493 e. The summed E-state index contributed by atoms with van der Waals surface area (Å²) in [6, 6.07) is 20.0. The third-order valence-corrected chi connectivity index (χ3v) is 4.70. The number of thiocarbonyl (C=S) groups is 1. The van der Waals surface area contributed by atoms with E-state index >= 15 is 0 Å². The molecule has 8 nitrogen and oxygen atoms in total. The molecule has 3 aromatic carbocycles. The summed E-state index contributed by atoms with van der Waals surface area (Å²) in [5, 5.41) is 14.8. The maximum atomic E-state index is 12.5. The van der Waals surface area contributed by atoms with Crippen molar-refractivity contribution in [1.29, 1.82) is 0 Å². The molecule has 9 heteroatoms. The van der Waals surface area contributed by atoms with Gasteiger partial charge in [-0.3, -0.25) is 10.1 Å². The Bertz CT molecular complexity index is 1260. The van der Waals surface area contributed by atoms with Gasteiger partial charge in [-0.15, -0.1) is 10.2 Å². The Morgan fingerprint density at radius 2 is 1.65 bits per heavy atom. The number of ether oxygens (including phenoxy) is 2. The zero-order valence-electron chi connectivity index (χ0n) is 16.8. The molecule has 0 spiro atoms. The number of nitrogens with zero attached hydrogens (tertiary/aromatic N) is 3. The lowest BCUT2D eigenvalue weighted by atomic mass is 10.2. The van der Waals surface area contributed by atoms with E-state index in [9.17, 15) is 4.79 Å². The van der Waals surface area contributed by atoms with E-state index in [1.54, 1.807) is 23.0 Å². The Morgan fingerprint density at radius 1 is 0.903 bits per heavy atom. The number of anilines is 1. The van der Waals surface area contributed by atoms with Crippen LogP contribution >= 0.6 is 12.2 Å². The lowest BCUT2D eigenvalue weighted by Crippen LogP contribution is -2.34. The molecule has 4 aromatic rings. The first-order chi connectivity index (χ1) is 15.1. The first-order valence-corrected chi connectivity index (χ1v) is 9.75. The van der Waals surface area contributed by atoms with E-state index in [0.29, 0.717) is 28.3 Å². The maximum absolute atomic E-state index is 12.5. The standard InChI is InChI=1S/C22H19N5O3S/c1-29-19-11-8-14(12-20(19)30-2)21(28)24-22(31)23-15-9-10-17-18(13-15)26-27(25-17)16-6-4-3-5-7-16/h3-13H,1-2H3,(H2,23,24,28,31). The summed E-state index contributed by atoms with van der Waals surface area (Å²) in [6.45, 7) is 0. The molecule has 0 fully saturated rings. The van der Waals surface area contributed by atoms with Crippen LogP contribution in [0.15, 0.2) is 66.7 Å². The molecule has 1 amide bonds. The number of carbonyl (C=O) groups excluding carboxylic acids is 1. The van der Waals surface area contributed by atoms with E-state index in [1.165, 1.54) is 14.2 Å². The van der Waals surface area contributed by atoms with Crippen molar-refractivity contribution in [3.8, 4) is 17.2 Å². The Kier molecular flexibility index (Phi) is 5.76.